The highest BCUT2D eigenvalue weighted by molar-refractivity contribution is 4.53. The molecular formula is C38H88O6. The van der Waals surface area contributed by atoms with Gasteiger partial charge >= 0.3 is 0 Å². The van der Waals surface area contributed by atoms with Gasteiger partial charge in [0.15, 0.2) is 0 Å². The third-order valence-electron chi connectivity index (χ3n) is 8.00. The number of aliphatic hydroxyl groups is 6. The van der Waals surface area contributed by atoms with E-state index < -0.39 is 0 Å². The molecule has 0 aromatic carbocycles. The summed E-state index contributed by atoms with van der Waals surface area (Å²) in [5.74, 6) is 0. The van der Waals surface area contributed by atoms with Gasteiger partial charge in [-0.3, -0.25) is 0 Å². The zero-order chi connectivity index (χ0) is 34.6. The van der Waals surface area contributed by atoms with Crippen LogP contribution in [0.15, 0.2) is 0 Å². The number of rotatable bonds is 0. The van der Waals surface area contributed by atoms with Crippen LogP contribution < -0.4 is 0 Å². The second-order valence-corrected chi connectivity index (χ2v) is 11.3. The number of hydrogen-bond acceptors (Lipinski definition) is 6. The second-order valence-electron chi connectivity index (χ2n) is 11.3. The van der Waals surface area contributed by atoms with Crippen LogP contribution in [0.25, 0.3) is 0 Å². The van der Waals surface area contributed by atoms with Gasteiger partial charge in [0.25, 0.3) is 0 Å². The fourth-order valence-corrected chi connectivity index (χ4v) is 5.66. The summed E-state index contributed by atoms with van der Waals surface area (Å²) in [5.41, 5.74) is 0. The Morgan fingerprint density at radius 1 is 0.114 bits per heavy atom. The molecule has 6 N–H and O–H groups in total. The Balaban J connectivity index is -0.000000267. The Morgan fingerprint density at radius 2 is 0.136 bits per heavy atom. The summed E-state index contributed by atoms with van der Waals surface area (Å²) in [6.07, 6.45) is 48.0. The van der Waals surface area contributed by atoms with Crippen LogP contribution in [0.1, 0.15) is 205 Å². The summed E-state index contributed by atoms with van der Waals surface area (Å²) >= 11 is 0. The van der Waals surface area contributed by atoms with E-state index in [2.05, 4.69) is 0 Å². The van der Waals surface area contributed by atoms with Crippen LogP contribution in [0, 0.1) is 0 Å². The van der Waals surface area contributed by atoms with E-state index in [9.17, 15) is 0 Å². The van der Waals surface area contributed by atoms with E-state index in [0.29, 0.717) is 0 Å². The maximum atomic E-state index is 7.00. The van der Waals surface area contributed by atoms with Crippen LogP contribution in [0.5, 0.6) is 0 Å². The van der Waals surface area contributed by atoms with Crippen LogP contribution >= 0.6 is 0 Å². The molecule has 0 bridgehead atoms. The molecule has 0 unspecified atom stereocenters. The average Bonchev–Trinajstić information content (AvgIpc) is 3.11. The van der Waals surface area contributed by atoms with Gasteiger partial charge in [-0.1, -0.05) is 205 Å². The Morgan fingerprint density at radius 3 is 0.159 bits per heavy atom. The summed E-state index contributed by atoms with van der Waals surface area (Å²) in [7, 11) is 6.00. The first kappa shape index (κ1) is 56.1. The van der Waals surface area contributed by atoms with Gasteiger partial charge in [0, 0.05) is 42.7 Å². The lowest BCUT2D eigenvalue weighted by Gasteiger charge is -2.05. The highest BCUT2D eigenvalue weighted by atomic mass is 16.2. The first-order valence-corrected chi connectivity index (χ1v) is 18.7. The molecule has 276 valence electrons. The van der Waals surface area contributed by atoms with Crippen molar-refractivity contribution < 1.29 is 30.6 Å². The van der Waals surface area contributed by atoms with E-state index in [1.165, 1.54) is 205 Å². The molecule has 1 aliphatic carbocycles. The van der Waals surface area contributed by atoms with Gasteiger partial charge in [-0.25, -0.2) is 0 Å². The molecule has 44 heavy (non-hydrogen) atoms. The van der Waals surface area contributed by atoms with E-state index in [4.69, 9.17) is 30.6 Å². The molecule has 0 heterocycles. The number of aliphatic hydroxyl groups excluding tert-OH is 6. The molecule has 6 heteroatoms. The van der Waals surface area contributed by atoms with Crippen LogP contribution in [0.4, 0.5) is 0 Å². The van der Waals surface area contributed by atoms with Crippen LogP contribution in [0.3, 0.4) is 0 Å². The van der Waals surface area contributed by atoms with Crippen molar-refractivity contribution in [3.05, 3.63) is 0 Å². The minimum absolute atomic E-state index is 1.00. The van der Waals surface area contributed by atoms with E-state index in [0.717, 1.165) is 42.7 Å². The molecule has 1 rings (SSSR count). The molecule has 6 nitrogen and oxygen atoms in total. The third-order valence-corrected chi connectivity index (χ3v) is 8.00. The van der Waals surface area contributed by atoms with Gasteiger partial charge in [-0.15, -0.1) is 0 Å². The van der Waals surface area contributed by atoms with Crippen molar-refractivity contribution in [1.82, 2.24) is 0 Å². The van der Waals surface area contributed by atoms with E-state index >= 15 is 0 Å². The monoisotopic (exact) mass is 641 g/mol. The van der Waals surface area contributed by atoms with Gasteiger partial charge < -0.3 is 30.6 Å². The van der Waals surface area contributed by atoms with Gasteiger partial charge in [-0.05, 0) is 0 Å². The van der Waals surface area contributed by atoms with Gasteiger partial charge in [0.05, 0.1) is 0 Å². The summed E-state index contributed by atoms with van der Waals surface area (Å²) < 4.78 is 0. The van der Waals surface area contributed by atoms with Crippen LogP contribution in [-0.2, 0) is 0 Å². The average molecular weight is 641 g/mol. The Hall–Kier alpha value is -0.240. The molecule has 0 spiro atoms. The van der Waals surface area contributed by atoms with Crippen molar-refractivity contribution >= 4 is 0 Å². The van der Waals surface area contributed by atoms with Crippen LogP contribution in [0.2, 0.25) is 0 Å². The summed E-state index contributed by atoms with van der Waals surface area (Å²) in [6, 6.07) is 0. The molecule has 1 saturated carbocycles. The smallest absolute Gasteiger partial charge is 0.0319 e. The van der Waals surface area contributed by atoms with E-state index in [1.807, 2.05) is 0 Å². The maximum absolute atomic E-state index is 7.00. The van der Waals surface area contributed by atoms with Crippen molar-refractivity contribution in [2.75, 3.05) is 42.7 Å². The first-order valence-electron chi connectivity index (χ1n) is 18.7. The van der Waals surface area contributed by atoms with Gasteiger partial charge in [0.1, 0.15) is 0 Å². The Labute approximate surface area is 278 Å². The standard InChI is InChI=1S/C32H64.6CH4O/c1-2-4-6-8-10-12-14-16-18-20-22-24-26-28-30-32-31-29-27-25-23-21-19-17-15-13-11-9-7-5-3-1;6*1-2/h1-32H2;6*2H,1H3. The minimum Gasteiger partial charge on any atom is -0.400 e. The lowest BCUT2D eigenvalue weighted by atomic mass is 10.0. The fraction of sp³-hybridized carbons (Fsp3) is 1.00. The Kier molecular flexibility index (Phi) is 94.3. The fourth-order valence-electron chi connectivity index (χ4n) is 5.66. The summed E-state index contributed by atoms with van der Waals surface area (Å²) in [5, 5.41) is 42.0. The predicted octanol–water partition coefficient (Wildman–Crippen LogP) is 10.1. The zero-order valence-corrected chi connectivity index (χ0v) is 31.3. The van der Waals surface area contributed by atoms with Gasteiger partial charge in [-0.2, -0.15) is 0 Å². The topological polar surface area (TPSA) is 121 Å². The van der Waals surface area contributed by atoms with Gasteiger partial charge in [0.2, 0.25) is 0 Å². The quantitative estimate of drug-likeness (QED) is 0.157. The van der Waals surface area contributed by atoms with E-state index in [-0.39, 0.29) is 0 Å². The Bertz CT molecular complexity index is 185. The third kappa shape index (κ3) is 68.8. The molecule has 0 amide bonds. The zero-order valence-electron chi connectivity index (χ0n) is 31.3. The molecule has 0 aromatic heterocycles. The molecule has 0 radical (unpaired) electrons. The highest BCUT2D eigenvalue weighted by Crippen LogP contribution is 2.17. The SMILES string of the molecule is C1CCCCCCCCCCCCCCCCCCCCCCCCCCCCCCC1.CO.CO.CO.CO.CO.CO. The van der Waals surface area contributed by atoms with Crippen molar-refractivity contribution in [2.24, 2.45) is 0 Å². The lowest BCUT2D eigenvalue weighted by molar-refractivity contribution is 0.399. The molecule has 0 aromatic rings. The molecule has 0 atom stereocenters. The molecular weight excluding hydrogens is 552 g/mol. The number of hydrogen-bond donors (Lipinski definition) is 6. The predicted molar refractivity (Wildman–Crippen MR) is 197 cm³/mol. The molecule has 0 aliphatic heterocycles. The van der Waals surface area contributed by atoms with Crippen molar-refractivity contribution in [1.29, 1.82) is 0 Å². The molecule has 1 aliphatic rings. The molecule has 0 saturated heterocycles. The summed E-state index contributed by atoms with van der Waals surface area (Å²) in [6.45, 7) is 0. The first-order chi connectivity index (χ1) is 22.0. The normalized spacial score (nSPS) is 18.3. The van der Waals surface area contributed by atoms with E-state index in [1.54, 1.807) is 0 Å². The van der Waals surface area contributed by atoms with Crippen molar-refractivity contribution in [2.45, 2.75) is 205 Å². The summed E-state index contributed by atoms with van der Waals surface area (Å²) in [4.78, 5) is 0. The lowest BCUT2D eigenvalue weighted by Crippen LogP contribution is -1.85. The maximum Gasteiger partial charge on any atom is 0.0319 e. The van der Waals surface area contributed by atoms with Crippen molar-refractivity contribution in [3.8, 4) is 0 Å². The molecule has 1 fully saturated rings. The second kappa shape index (κ2) is 73.9. The van der Waals surface area contributed by atoms with Crippen molar-refractivity contribution in [3.63, 3.8) is 0 Å². The largest absolute Gasteiger partial charge is 0.400 e. The van der Waals surface area contributed by atoms with Crippen LogP contribution in [-0.4, -0.2) is 73.3 Å². The minimum atomic E-state index is 1.00. The highest BCUT2D eigenvalue weighted by Gasteiger charge is 1.98.